The van der Waals surface area contributed by atoms with Gasteiger partial charge < -0.3 is 0 Å². The van der Waals surface area contributed by atoms with Crippen LogP contribution in [0.1, 0.15) is 162 Å². The van der Waals surface area contributed by atoms with Crippen LogP contribution in [0.3, 0.4) is 0 Å². The van der Waals surface area contributed by atoms with Crippen LogP contribution in [0.15, 0.2) is 70.6 Å². The van der Waals surface area contributed by atoms with Crippen molar-refractivity contribution in [1.29, 1.82) is 0 Å². The molecule has 0 spiro atoms. The molecule has 0 saturated heterocycles. The predicted molar refractivity (Wildman–Crippen MR) is 185 cm³/mol. The molecular weight excluding hydrogens is 555 g/mol. The zero-order valence-electron chi connectivity index (χ0n) is 27.2. The molecule has 0 aromatic heterocycles. The van der Waals surface area contributed by atoms with Crippen molar-refractivity contribution in [3.05, 3.63) is 60.7 Å². The number of rotatable bonds is 26. The fourth-order valence-corrected chi connectivity index (χ4v) is 5.56. The van der Waals surface area contributed by atoms with Gasteiger partial charge in [-0.2, -0.15) is 0 Å². The van der Waals surface area contributed by atoms with Gasteiger partial charge in [0.2, 0.25) is 0 Å². The minimum Gasteiger partial charge on any atom is -0.252 e. The van der Waals surface area contributed by atoms with E-state index in [1.165, 1.54) is 140 Å². The van der Waals surface area contributed by atoms with E-state index in [0.29, 0.717) is 0 Å². The molecule has 0 aliphatic carbocycles. The predicted octanol–water partition coefficient (Wildman–Crippen LogP) is 13.5. The molecule has 0 amide bonds. The number of benzene rings is 2. The van der Waals surface area contributed by atoms with Crippen molar-refractivity contribution < 1.29 is 16.5 Å². The van der Waals surface area contributed by atoms with E-state index in [1.807, 2.05) is 0 Å². The maximum absolute atomic E-state index is 5.11. The van der Waals surface area contributed by atoms with Crippen molar-refractivity contribution in [2.45, 2.75) is 162 Å². The second-order valence-corrected chi connectivity index (χ2v) is 12.0. The Hall–Kier alpha value is -1.73. The van der Waals surface area contributed by atoms with E-state index in [2.05, 4.69) is 74.5 Å². The van der Waals surface area contributed by atoms with Gasteiger partial charge in [-0.25, -0.2) is 0 Å². The van der Waals surface area contributed by atoms with E-state index in [4.69, 9.17) is 9.98 Å². The molecular formula is C39H62N2Ni. The third-order valence-electron chi connectivity index (χ3n) is 8.16. The first-order chi connectivity index (χ1) is 20.3. The number of hydrogen-bond donors (Lipinski definition) is 0. The van der Waals surface area contributed by atoms with E-state index < -0.39 is 0 Å². The number of unbranched alkanes of at least 4 members (excludes halogenated alkanes) is 19. The summed E-state index contributed by atoms with van der Waals surface area (Å²) in [6.45, 7) is 4.56. The first-order valence-electron chi connectivity index (χ1n) is 17.6. The average Bonchev–Trinajstić information content (AvgIpc) is 3.01. The van der Waals surface area contributed by atoms with Gasteiger partial charge in [0.25, 0.3) is 0 Å². The van der Waals surface area contributed by atoms with Gasteiger partial charge in [0.15, 0.2) is 0 Å². The molecule has 3 heteroatoms. The van der Waals surface area contributed by atoms with E-state index in [1.54, 1.807) is 0 Å². The Labute approximate surface area is 270 Å². The molecule has 0 radical (unpaired) electrons. The number of aliphatic imine (C=N–C) groups is 2. The van der Waals surface area contributed by atoms with E-state index in [9.17, 15) is 0 Å². The smallest absolute Gasteiger partial charge is 0.0633 e. The average molecular weight is 618 g/mol. The summed E-state index contributed by atoms with van der Waals surface area (Å²) in [5, 5.41) is 0. The Morgan fingerprint density at radius 1 is 0.381 bits per heavy atom. The van der Waals surface area contributed by atoms with Gasteiger partial charge in [-0.15, -0.1) is 0 Å². The minimum absolute atomic E-state index is 0. The maximum atomic E-state index is 5.11. The van der Waals surface area contributed by atoms with Gasteiger partial charge in [0.05, 0.1) is 22.8 Å². The van der Waals surface area contributed by atoms with Crippen LogP contribution < -0.4 is 0 Å². The standard InChI is InChI=1S/C39H62N2.Ni/c1-3-5-7-8-9-10-11-12-13-14-15-16-17-18-19-20-21-22-29-35-39(41-37-32-27-24-28-33-37)38(34-6-4-2)40-36-30-25-23-26-31-36;/h23-28,30-33H,3-22,29,34-35H2,1-2H3;. The van der Waals surface area contributed by atoms with Crippen LogP contribution in [0.5, 0.6) is 0 Å². The molecule has 0 fully saturated rings. The third kappa shape index (κ3) is 20.2. The molecule has 2 aromatic carbocycles. The van der Waals surface area contributed by atoms with Crippen LogP contribution in [-0.2, 0) is 16.5 Å². The van der Waals surface area contributed by atoms with Crippen molar-refractivity contribution in [1.82, 2.24) is 0 Å². The Morgan fingerprint density at radius 3 is 1.00 bits per heavy atom. The Kier molecular flexibility index (Phi) is 25.6. The molecule has 238 valence electrons. The second kappa shape index (κ2) is 28.1. The molecule has 0 unspecified atom stereocenters. The summed E-state index contributed by atoms with van der Waals surface area (Å²) >= 11 is 0. The maximum Gasteiger partial charge on any atom is 0.0633 e. The zero-order chi connectivity index (χ0) is 29.1. The fraction of sp³-hybridized carbons (Fsp3) is 0.641. The van der Waals surface area contributed by atoms with E-state index in [0.717, 1.165) is 30.6 Å². The summed E-state index contributed by atoms with van der Waals surface area (Å²) in [5.74, 6) is 0. The molecule has 0 aliphatic rings. The van der Waals surface area contributed by atoms with Gasteiger partial charge in [-0.3, -0.25) is 9.98 Å². The van der Waals surface area contributed by atoms with Gasteiger partial charge in [0, 0.05) is 16.5 Å². The van der Waals surface area contributed by atoms with Gasteiger partial charge in [0.1, 0.15) is 0 Å². The summed E-state index contributed by atoms with van der Waals surface area (Å²) < 4.78 is 0. The fourth-order valence-electron chi connectivity index (χ4n) is 5.56. The van der Waals surface area contributed by atoms with Crippen molar-refractivity contribution in [3.63, 3.8) is 0 Å². The van der Waals surface area contributed by atoms with Crippen molar-refractivity contribution in [3.8, 4) is 0 Å². The largest absolute Gasteiger partial charge is 0.252 e. The van der Waals surface area contributed by atoms with Gasteiger partial charge in [-0.1, -0.05) is 172 Å². The van der Waals surface area contributed by atoms with Crippen molar-refractivity contribution in [2.24, 2.45) is 9.98 Å². The summed E-state index contributed by atoms with van der Waals surface area (Å²) in [4.78, 5) is 10.2. The topological polar surface area (TPSA) is 24.7 Å². The zero-order valence-corrected chi connectivity index (χ0v) is 28.2. The van der Waals surface area contributed by atoms with Crippen LogP contribution in [0.2, 0.25) is 0 Å². The molecule has 2 rings (SSSR count). The normalized spacial score (nSPS) is 12.0. The van der Waals surface area contributed by atoms with Crippen molar-refractivity contribution in [2.75, 3.05) is 0 Å². The summed E-state index contributed by atoms with van der Waals surface area (Å²) in [6, 6.07) is 20.8. The molecule has 2 aromatic rings. The molecule has 0 atom stereocenters. The molecule has 0 aliphatic heterocycles. The molecule has 0 heterocycles. The van der Waals surface area contributed by atoms with Gasteiger partial charge in [-0.05, 0) is 49.9 Å². The Morgan fingerprint density at radius 2 is 0.667 bits per heavy atom. The van der Waals surface area contributed by atoms with Gasteiger partial charge >= 0.3 is 0 Å². The van der Waals surface area contributed by atoms with Crippen LogP contribution in [0.25, 0.3) is 0 Å². The van der Waals surface area contributed by atoms with Crippen molar-refractivity contribution >= 4 is 22.8 Å². The number of nitrogens with zero attached hydrogens (tertiary/aromatic N) is 2. The minimum atomic E-state index is 0. The Bertz CT molecular complexity index is 906. The van der Waals surface area contributed by atoms with Crippen LogP contribution in [0, 0.1) is 0 Å². The van der Waals surface area contributed by atoms with Crippen LogP contribution in [0.4, 0.5) is 11.4 Å². The van der Waals surface area contributed by atoms with E-state index >= 15 is 0 Å². The van der Waals surface area contributed by atoms with Crippen LogP contribution >= 0.6 is 0 Å². The van der Waals surface area contributed by atoms with Crippen LogP contribution in [-0.4, -0.2) is 11.4 Å². The molecule has 2 nitrogen and oxygen atoms in total. The molecule has 0 bridgehead atoms. The molecule has 0 saturated carbocycles. The van der Waals surface area contributed by atoms with E-state index in [-0.39, 0.29) is 16.5 Å². The summed E-state index contributed by atoms with van der Waals surface area (Å²) in [6.07, 6.45) is 31.2. The monoisotopic (exact) mass is 616 g/mol. The summed E-state index contributed by atoms with van der Waals surface area (Å²) in [5.41, 5.74) is 4.43. The first-order valence-corrected chi connectivity index (χ1v) is 17.6. The molecule has 42 heavy (non-hydrogen) atoms. The number of hydrogen-bond acceptors (Lipinski definition) is 2. The summed E-state index contributed by atoms with van der Waals surface area (Å²) in [7, 11) is 0. The SMILES string of the molecule is CCCCCCCCCCCCCCCCCCCCCC(=Nc1ccccc1)C(CCCC)=Nc1ccccc1.[Ni]. The number of para-hydroxylation sites is 2. The molecule has 0 N–H and O–H groups in total. The first kappa shape index (κ1) is 38.3. The third-order valence-corrected chi connectivity index (χ3v) is 8.16. The quantitative estimate of drug-likeness (QED) is 0.0570. The Balaban J connectivity index is 0.00000882. The second-order valence-electron chi connectivity index (χ2n) is 12.0.